The zero-order valence-corrected chi connectivity index (χ0v) is 11.3. The topological polar surface area (TPSA) is 70.1 Å². The lowest BCUT2D eigenvalue weighted by Gasteiger charge is -2.07. The van der Waals surface area contributed by atoms with Crippen molar-refractivity contribution in [3.63, 3.8) is 0 Å². The van der Waals surface area contributed by atoms with Gasteiger partial charge in [0, 0.05) is 13.0 Å². The maximum absolute atomic E-state index is 11.7. The van der Waals surface area contributed by atoms with E-state index in [2.05, 4.69) is 11.9 Å². The van der Waals surface area contributed by atoms with Crippen molar-refractivity contribution in [2.24, 2.45) is 11.8 Å². The van der Waals surface area contributed by atoms with Crippen LogP contribution in [0.3, 0.4) is 0 Å². The maximum Gasteiger partial charge on any atom is 0.360 e. The van der Waals surface area contributed by atoms with Crippen molar-refractivity contribution in [3.05, 3.63) is 11.5 Å². The van der Waals surface area contributed by atoms with E-state index < -0.39 is 5.97 Å². The minimum Gasteiger partial charge on any atom is -0.461 e. The summed E-state index contributed by atoms with van der Waals surface area (Å²) in [5, 5.41) is 0. The molecule has 1 aromatic heterocycles. The molecule has 0 radical (unpaired) electrons. The van der Waals surface area contributed by atoms with Crippen molar-refractivity contribution >= 4 is 11.8 Å². The van der Waals surface area contributed by atoms with Crippen LogP contribution in [0.4, 0.5) is 5.82 Å². The summed E-state index contributed by atoms with van der Waals surface area (Å²) in [7, 11) is 0. The number of imidazole rings is 1. The Balaban J connectivity index is 2.24. The molecule has 0 bridgehead atoms. The van der Waals surface area contributed by atoms with Crippen LogP contribution < -0.4 is 5.73 Å². The number of esters is 1. The summed E-state index contributed by atoms with van der Waals surface area (Å²) in [6, 6.07) is 0. The van der Waals surface area contributed by atoms with E-state index in [9.17, 15) is 4.79 Å². The van der Waals surface area contributed by atoms with Gasteiger partial charge in [0.05, 0.1) is 6.61 Å². The normalized spacial score (nSPS) is 21.9. The quantitative estimate of drug-likeness (QED) is 0.811. The van der Waals surface area contributed by atoms with Crippen molar-refractivity contribution in [2.45, 2.75) is 40.2 Å². The van der Waals surface area contributed by atoms with E-state index >= 15 is 0 Å². The Bertz CT molecular complexity index is 453. The molecule has 18 heavy (non-hydrogen) atoms. The van der Waals surface area contributed by atoms with Crippen LogP contribution in [0.2, 0.25) is 0 Å². The smallest absolute Gasteiger partial charge is 0.360 e. The standard InChI is InChI=1S/C13H21N3O2/c1-4-10-15-11(13(17)18-5-2)12(14)16(10)7-9-6-8(9)3/h8-9H,4-7,14H2,1-3H3. The lowest BCUT2D eigenvalue weighted by atomic mass is 10.3. The highest BCUT2D eigenvalue weighted by Crippen LogP contribution is 2.40. The number of carbonyl (C=O) groups excluding carboxylic acids is 1. The number of ether oxygens (including phenoxy) is 1. The SMILES string of the molecule is CCOC(=O)c1nc(CC)n(CC2CC2C)c1N. The highest BCUT2D eigenvalue weighted by Gasteiger charge is 2.34. The summed E-state index contributed by atoms with van der Waals surface area (Å²) >= 11 is 0. The number of carbonyl (C=O) groups is 1. The van der Waals surface area contributed by atoms with Gasteiger partial charge >= 0.3 is 5.97 Å². The van der Waals surface area contributed by atoms with Gasteiger partial charge in [0.2, 0.25) is 0 Å². The number of aromatic nitrogens is 2. The number of nitrogens with zero attached hydrogens (tertiary/aromatic N) is 2. The van der Waals surface area contributed by atoms with Crippen molar-refractivity contribution < 1.29 is 9.53 Å². The van der Waals surface area contributed by atoms with Crippen LogP contribution in [0, 0.1) is 11.8 Å². The molecule has 0 spiro atoms. The fourth-order valence-corrected chi connectivity index (χ4v) is 2.22. The first-order valence-electron chi connectivity index (χ1n) is 6.60. The molecular weight excluding hydrogens is 230 g/mol. The Hall–Kier alpha value is -1.52. The molecule has 2 rings (SSSR count). The van der Waals surface area contributed by atoms with E-state index in [0.29, 0.717) is 18.3 Å². The molecule has 1 aliphatic rings. The van der Waals surface area contributed by atoms with Gasteiger partial charge in [-0.3, -0.25) is 0 Å². The zero-order valence-electron chi connectivity index (χ0n) is 11.3. The van der Waals surface area contributed by atoms with Crippen molar-refractivity contribution in [1.82, 2.24) is 9.55 Å². The first-order valence-corrected chi connectivity index (χ1v) is 6.60. The molecule has 2 atom stereocenters. The molecule has 1 aliphatic carbocycles. The summed E-state index contributed by atoms with van der Waals surface area (Å²) in [5.41, 5.74) is 6.30. The van der Waals surface area contributed by atoms with Crippen LogP contribution in [0.1, 0.15) is 43.5 Å². The van der Waals surface area contributed by atoms with Crippen LogP contribution >= 0.6 is 0 Å². The molecule has 0 aromatic carbocycles. The van der Waals surface area contributed by atoms with E-state index in [-0.39, 0.29) is 5.69 Å². The molecule has 1 fully saturated rings. The zero-order chi connectivity index (χ0) is 13.3. The molecule has 2 unspecified atom stereocenters. The monoisotopic (exact) mass is 251 g/mol. The van der Waals surface area contributed by atoms with Gasteiger partial charge in [-0.15, -0.1) is 0 Å². The van der Waals surface area contributed by atoms with E-state index in [1.54, 1.807) is 6.92 Å². The number of anilines is 1. The van der Waals surface area contributed by atoms with E-state index in [4.69, 9.17) is 10.5 Å². The third kappa shape index (κ3) is 2.35. The number of rotatable bonds is 5. The predicted octanol–water partition coefficient (Wildman–Crippen LogP) is 1.86. The lowest BCUT2D eigenvalue weighted by molar-refractivity contribution is 0.0521. The molecule has 1 aromatic rings. The molecule has 1 heterocycles. The first-order chi connectivity index (χ1) is 8.58. The Kier molecular flexibility index (Phi) is 3.59. The summed E-state index contributed by atoms with van der Waals surface area (Å²) < 4.78 is 6.94. The second-order valence-corrected chi connectivity index (χ2v) is 4.92. The molecule has 100 valence electrons. The maximum atomic E-state index is 11.7. The molecule has 5 nitrogen and oxygen atoms in total. The first kappa shape index (κ1) is 12.9. The van der Waals surface area contributed by atoms with Crippen molar-refractivity contribution in [1.29, 1.82) is 0 Å². The molecule has 5 heteroatoms. The second-order valence-electron chi connectivity index (χ2n) is 4.92. The van der Waals surface area contributed by atoms with Gasteiger partial charge < -0.3 is 15.0 Å². The predicted molar refractivity (Wildman–Crippen MR) is 69.2 cm³/mol. The van der Waals surface area contributed by atoms with Crippen LogP contribution in [0.15, 0.2) is 0 Å². The summed E-state index contributed by atoms with van der Waals surface area (Å²) in [6.45, 7) is 7.23. The number of nitrogen functional groups attached to an aromatic ring is 1. The average molecular weight is 251 g/mol. The fourth-order valence-electron chi connectivity index (χ4n) is 2.22. The fraction of sp³-hybridized carbons (Fsp3) is 0.692. The molecule has 0 amide bonds. The van der Waals surface area contributed by atoms with Gasteiger partial charge in [-0.1, -0.05) is 13.8 Å². The Labute approximate surface area is 107 Å². The van der Waals surface area contributed by atoms with Gasteiger partial charge in [0.25, 0.3) is 0 Å². The highest BCUT2D eigenvalue weighted by molar-refractivity contribution is 5.92. The van der Waals surface area contributed by atoms with Gasteiger partial charge in [-0.2, -0.15) is 0 Å². The minimum absolute atomic E-state index is 0.266. The summed E-state index contributed by atoms with van der Waals surface area (Å²) in [4.78, 5) is 16.1. The van der Waals surface area contributed by atoms with Crippen LogP contribution in [0.5, 0.6) is 0 Å². The average Bonchev–Trinajstić information content (AvgIpc) is 2.93. The van der Waals surface area contributed by atoms with E-state index in [1.807, 2.05) is 11.5 Å². The number of hydrogen-bond acceptors (Lipinski definition) is 4. The Morgan fingerprint density at radius 1 is 1.56 bits per heavy atom. The van der Waals surface area contributed by atoms with Crippen LogP contribution in [-0.4, -0.2) is 22.1 Å². The minimum atomic E-state index is -0.424. The Morgan fingerprint density at radius 3 is 2.72 bits per heavy atom. The van der Waals surface area contributed by atoms with Crippen molar-refractivity contribution in [3.8, 4) is 0 Å². The lowest BCUT2D eigenvalue weighted by Crippen LogP contribution is -2.11. The number of hydrogen-bond donors (Lipinski definition) is 1. The number of aryl methyl sites for hydroxylation is 1. The molecule has 2 N–H and O–H groups in total. The summed E-state index contributed by atoms with van der Waals surface area (Å²) in [5.74, 6) is 2.32. The Morgan fingerprint density at radius 2 is 2.22 bits per heavy atom. The van der Waals surface area contributed by atoms with Crippen LogP contribution in [-0.2, 0) is 17.7 Å². The highest BCUT2D eigenvalue weighted by atomic mass is 16.5. The number of nitrogens with two attached hydrogens (primary N) is 1. The molecule has 0 saturated heterocycles. The summed E-state index contributed by atoms with van der Waals surface area (Å²) in [6.07, 6.45) is 2.00. The van der Waals surface area contributed by atoms with Gasteiger partial charge in [-0.05, 0) is 25.2 Å². The van der Waals surface area contributed by atoms with E-state index in [0.717, 1.165) is 24.7 Å². The van der Waals surface area contributed by atoms with Gasteiger partial charge in [0.15, 0.2) is 5.69 Å². The van der Waals surface area contributed by atoms with E-state index in [1.165, 1.54) is 6.42 Å². The third-order valence-corrected chi connectivity index (χ3v) is 3.56. The van der Waals surface area contributed by atoms with Gasteiger partial charge in [0.1, 0.15) is 11.6 Å². The van der Waals surface area contributed by atoms with Crippen molar-refractivity contribution in [2.75, 3.05) is 12.3 Å². The molecular formula is C13H21N3O2. The molecule has 1 saturated carbocycles. The largest absolute Gasteiger partial charge is 0.461 e. The second kappa shape index (κ2) is 5.00. The van der Waals surface area contributed by atoms with Gasteiger partial charge in [-0.25, -0.2) is 9.78 Å². The third-order valence-electron chi connectivity index (χ3n) is 3.56. The molecule has 0 aliphatic heterocycles. The van der Waals surface area contributed by atoms with Crippen LogP contribution in [0.25, 0.3) is 0 Å².